The minimum absolute atomic E-state index is 0.105. The van der Waals surface area contributed by atoms with Crippen LogP contribution in [0.15, 0.2) is 29.2 Å². The molecule has 1 atom stereocenters. The van der Waals surface area contributed by atoms with E-state index in [1.54, 1.807) is 18.2 Å². The quantitative estimate of drug-likeness (QED) is 0.609. The highest BCUT2D eigenvalue weighted by Gasteiger charge is 2.29. The molecular weight excluding hydrogens is 288 g/mol. The van der Waals surface area contributed by atoms with Crippen molar-refractivity contribution < 1.29 is 13.5 Å². The zero-order valence-electron chi connectivity index (χ0n) is 12.4. The van der Waals surface area contributed by atoms with Crippen molar-refractivity contribution in [2.75, 3.05) is 18.5 Å². The third-order valence-electron chi connectivity index (χ3n) is 3.58. The van der Waals surface area contributed by atoms with Crippen LogP contribution in [0.2, 0.25) is 0 Å². The Kier molecular flexibility index (Phi) is 5.61. The van der Waals surface area contributed by atoms with Crippen molar-refractivity contribution in [1.29, 1.82) is 0 Å². The van der Waals surface area contributed by atoms with Crippen LogP contribution in [0.25, 0.3) is 0 Å². The maximum absolute atomic E-state index is 12.3. The molecule has 118 valence electrons. The van der Waals surface area contributed by atoms with E-state index in [2.05, 4.69) is 10.0 Å². The number of hydrogen-bond donors (Lipinski definition) is 3. The predicted octanol–water partition coefficient (Wildman–Crippen LogP) is 1.95. The van der Waals surface area contributed by atoms with E-state index in [0.29, 0.717) is 17.1 Å². The minimum atomic E-state index is -3.44. The smallest absolute Gasteiger partial charge is 0.242 e. The van der Waals surface area contributed by atoms with Crippen LogP contribution in [-0.4, -0.2) is 32.7 Å². The molecule has 0 bridgehead atoms. The van der Waals surface area contributed by atoms with Gasteiger partial charge < -0.3 is 10.4 Å². The molecule has 1 aromatic rings. The summed E-state index contributed by atoms with van der Waals surface area (Å²) in [4.78, 5) is 0.312. The average Bonchev–Trinajstić information content (AvgIpc) is 3.27. The molecule has 0 aromatic heterocycles. The van der Waals surface area contributed by atoms with Gasteiger partial charge >= 0.3 is 0 Å². The number of para-hydroxylation sites is 1. The largest absolute Gasteiger partial charge is 0.396 e. The molecule has 1 aromatic carbocycles. The van der Waals surface area contributed by atoms with Crippen LogP contribution in [0.5, 0.6) is 0 Å². The molecule has 0 aliphatic heterocycles. The lowest BCUT2D eigenvalue weighted by molar-refractivity contribution is 0.229. The summed E-state index contributed by atoms with van der Waals surface area (Å²) in [5.41, 5.74) is 0.641. The molecule has 1 aliphatic rings. The maximum atomic E-state index is 12.3. The Hall–Kier alpha value is -1.11. The predicted molar refractivity (Wildman–Crippen MR) is 83.8 cm³/mol. The van der Waals surface area contributed by atoms with Gasteiger partial charge in [-0.05, 0) is 43.7 Å². The van der Waals surface area contributed by atoms with E-state index in [9.17, 15) is 8.42 Å². The molecule has 2 rings (SSSR count). The van der Waals surface area contributed by atoms with Gasteiger partial charge in [-0.1, -0.05) is 19.1 Å². The van der Waals surface area contributed by atoms with E-state index in [1.807, 2.05) is 13.0 Å². The van der Waals surface area contributed by atoms with Gasteiger partial charge in [-0.2, -0.15) is 0 Å². The molecule has 1 unspecified atom stereocenters. The van der Waals surface area contributed by atoms with Gasteiger partial charge in [0.15, 0.2) is 0 Å². The van der Waals surface area contributed by atoms with Crippen molar-refractivity contribution in [2.24, 2.45) is 5.92 Å². The Morgan fingerprint density at radius 3 is 2.71 bits per heavy atom. The third kappa shape index (κ3) is 4.98. The van der Waals surface area contributed by atoms with Gasteiger partial charge in [0.1, 0.15) is 4.90 Å². The second-order valence-electron chi connectivity index (χ2n) is 5.75. The number of aliphatic hydroxyl groups is 1. The zero-order valence-corrected chi connectivity index (χ0v) is 13.2. The maximum Gasteiger partial charge on any atom is 0.242 e. The summed E-state index contributed by atoms with van der Waals surface area (Å²) in [6.07, 6.45) is 3.66. The molecule has 0 saturated heterocycles. The lowest BCUT2D eigenvalue weighted by Gasteiger charge is -2.13. The van der Waals surface area contributed by atoms with Crippen LogP contribution in [0.1, 0.15) is 32.6 Å². The SMILES string of the molecule is CC(CO)CCCNc1ccccc1S(=O)(=O)NC1CC1. The molecule has 0 amide bonds. The first-order valence-corrected chi connectivity index (χ1v) is 8.97. The van der Waals surface area contributed by atoms with Gasteiger partial charge in [0.05, 0.1) is 5.69 Å². The first-order valence-electron chi connectivity index (χ1n) is 7.49. The minimum Gasteiger partial charge on any atom is -0.396 e. The van der Waals surface area contributed by atoms with Gasteiger partial charge in [-0.15, -0.1) is 0 Å². The molecule has 0 spiro atoms. The van der Waals surface area contributed by atoms with Crippen LogP contribution in [-0.2, 0) is 10.0 Å². The second-order valence-corrected chi connectivity index (χ2v) is 7.43. The van der Waals surface area contributed by atoms with Crippen molar-refractivity contribution in [3.8, 4) is 0 Å². The molecule has 21 heavy (non-hydrogen) atoms. The third-order valence-corrected chi connectivity index (χ3v) is 5.16. The van der Waals surface area contributed by atoms with Crippen LogP contribution < -0.4 is 10.0 Å². The molecule has 0 radical (unpaired) electrons. The Bertz CT molecular complexity index is 556. The number of sulfonamides is 1. The molecule has 1 saturated carbocycles. The summed E-state index contributed by atoms with van der Waals surface area (Å²) in [5, 5.41) is 12.2. The first-order chi connectivity index (χ1) is 10.0. The summed E-state index contributed by atoms with van der Waals surface area (Å²) in [5.74, 6) is 0.280. The van der Waals surface area contributed by atoms with E-state index in [1.165, 1.54) is 0 Å². The van der Waals surface area contributed by atoms with Crippen molar-refractivity contribution in [3.63, 3.8) is 0 Å². The van der Waals surface area contributed by atoms with Crippen molar-refractivity contribution >= 4 is 15.7 Å². The topological polar surface area (TPSA) is 78.4 Å². The highest BCUT2D eigenvalue weighted by molar-refractivity contribution is 7.89. The van der Waals surface area contributed by atoms with Crippen molar-refractivity contribution in [3.05, 3.63) is 24.3 Å². The Morgan fingerprint density at radius 2 is 2.05 bits per heavy atom. The number of aliphatic hydroxyl groups excluding tert-OH is 1. The summed E-state index contributed by atoms with van der Waals surface area (Å²) >= 11 is 0. The Balaban J connectivity index is 1.96. The van der Waals surface area contributed by atoms with Gasteiger partial charge in [-0.25, -0.2) is 13.1 Å². The molecule has 1 fully saturated rings. The average molecular weight is 312 g/mol. The fourth-order valence-corrected chi connectivity index (χ4v) is 3.58. The van der Waals surface area contributed by atoms with E-state index in [4.69, 9.17) is 5.11 Å². The zero-order chi connectivity index (χ0) is 15.3. The first kappa shape index (κ1) is 16.3. The lowest BCUT2D eigenvalue weighted by Crippen LogP contribution is -2.26. The van der Waals surface area contributed by atoms with E-state index < -0.39 is 10.0 Å². The molecule has 0 heterocycles. The number of benzene rings is 1. The van der Waals surface area contributed by atoms with Crippen molar-refractivity contribution in [2.45, 2.75) is 43.5 Å². The number of rotatable bonds is 9. The highest BCUT2D eigenvalue weighted by Crippen LogP contribution is 2.25. The van der Waals surface area contributed by atoms with E-state index >= 15 is 0 Å². The number of anilines is 1. The van der Waals surface area contributed by atoms with Gasteiger partial charge in [-0.3, -0.25) is 0 Å². The fourth-order valence-electron chi connectivity index (χ4n) is 2.10. The summed E-state index contributed by atoms with van der Waals surface area (Å²) in [6, 6.07) is 7.09. The summed E-state index contributed by atoms with van der Waals surface area (Å²) < 4.78 is 27.3. The molecule has 6 heteroatoms. The van der Waals surface area contributed by atoms with Gasteiger partial charge in [0.25, 0.3) is 0 Å². The van der Waals surface area contributed by atoms with Crippen molar-refractivity contribution in [1.82, 2.24) is 4.72 Å². The molecule has 3 N–H and O–H groups in total. The monoisotopic (exact) mass is 312 g/mol. The van der Waals surface area contributed by atoms with Gasteiger partial charge in [0.2, 0.25) is 10.0 Å². The molecule has 5 nitrogen and oxygen atoms in total. The second kappa shape index (κ2) is 7.24. The van der Waals surface area contributed by atoms with Crippen LogP contribution in [0.4, 0.5) is 5.69 Å². The van der Waals surface area contributed by atoms with E-state index in [0.717, 1.165) is 25.7 Å². The molecule has 1 aliphatic carbocycles. The van der Waals surface area contributed by atoms with Crippen LogP contribution in [0, 0.1) is 5.92 Å². The summed E-state index contributed by atoms with van der Waals surface area (Å²) in [7, 11) is -3.44. The Labute approximate surface area is 126 Å². The summed E-state index contributed by atoms with van der Waals surface area (Å²) in [6.45, 7) is 2.88. The highest BCUT2D eigenvalue weighted by atomic mass is 32.2. The molecular formula is C15H24N2O3S. The normalized spacial score (nSPS) is 16.7. The standard InChI is InChI=1S/C15H24N2O3S/c1-12(11-18)5-4-10-16-14-6-2-3-7-15(14)21(19,20)17-13-8-9-13/h2-3,6-7,12-13,16-18H,4-5,8-11H2,1H3. The van der Waals surface area contributed by atoms with E-state index in [-0.39, 0.29) is 18.6 Å². The van der Waals surface area contributed by atoms with Crippen LogP contribution in [0.3, 0.4) is 0 Å². The van der Waals surface area contributed by atoms with Crippen LogP contribution >= 0.6 is 0 Å². The van der Waals surface area contributed by atoms with Gasteiger partial charge in [0, 0.05) is 19.2 Å². The number of hydrogen-bond acceptors (Lipinski definition) is 4. The lowest BCUT2D eigenvalue weighted by atomic mass is 10.1. The fraction of sp³-hybridized carbons (Fsp3) is 0.600. The number of nitrogens with one attached hydrogen (secondary N) is 2. The Morgan fingerprint density at radius 1 is 1.33 bits per heavy atom.